The summed E-state index contributed by atoms with van der Waals surface area (Å²) < 4.78 is 5.39. The average molecular weight is 291 g/mol. The molecule has 104 valence electrons. The number of hydrogen-bond acceptors (Lipinski definition) is 4. The van der Waals surface area contributed by atoms with Gasteiger partial charge in [0.25, 0.3) is 5.91 Å². The minimum absolute atomic E-state index is 0.106. The first-order chi connectivity index (χ1) is 9.58. The van der Waals surface area contributed by atoms with E-state index in [4.69, 9.17) is 9.84 Å². The van der Waals surface area contributed by atoms with Gasteiger partial charge in [-0.3, -0.25) is 4.79 Å². The molecule has 1 aromatic heterocycles. The number of carboxylic acids is 1. The van der Waals surface area contributed by atoms with Crippen LogP contribution in [0.4, 0.5) is 5.69 Å². The van der Waals surface area contributed by atoms with E-state index in [1.165, 1.54) is 0 Å². The summed E-state index contributed by atoms with van der Waals surface area (Å²) in [7, 11) is 0. The maximum atomic E-state index is 11.7. The van der Waals surface area contributed by atoms with E-state index in [2.05, 4.69) is 5.32 Å². The first-order valence-corrected chi connectivity index (χ1v) is 6.75. The molecule has 0 spiro atoms. The van der Waals surface area contributed by atoms with Gasteiger partial charge in [-0.25, -0.2) is 4.79 Å². The smallest absolute Gasteiger partial charge is 0.348 e. The van der Waals surface area contributed by atoms with Gasteiger partial charge >= 0.3 is 5.97 Å². The van der Waals surface area contributed by atoms with Crippen LogP contribution in [-0.4, -0.2) is 23.6 Å². The predicted octanol–water partition coefficient (Wildman–Crippen LogP) is 2.77. The highest BCUT2D eigenvalue weighted by molar-refractivity contribution is 7.12. The quantitative estimate of drug-likeness (QED) is 0.888. The number of hydrogen-bond donors (Lipinski definition) is 2. The van der Waals surface area contributed by atoms with E-state index in [0.717, 1.165) is 16.9 Å². The van der Waals surface area contributed by atoms with E-state index < -0.39 is 11.9 Å². The van der Waals surface area contributed by atoms with Gasteiger partial charge in [-0.15, -0.1) is 11.3 Å². The lowest BCUT2D eigenvalue weighted by Gasteiger charge is -2.09. The average Bonchev–Trinajstić information content (AvgIpc) is 2.86. The molecule has 6 heteroatoms. The fourth-order valence-corrected chi connectivity index (χ4v) is 2.31. The van der Waals surface area contributed by atoms with E-state index >= 15 is 0 Å². The molecule has 0 saturated heterocycles. The Morgan fingerprint density at radius 2 is 2.05 bits per heavy atom. The van der Waals surface area contributed by atoms with E-state index in [9.17, 15) is 9.59 Å². The molecule has 1 aromatic carbocycles. The van der Waals surface area contributed by atoms with Crippen LogP contribution < -0.4 is 10.1 Å². The lowest BCUT2D eigenvalue weighted by molar-refractivity contribution is -0.118. The maximum Gasteiger partial charge on any atom is 0.348 e. The molecule has 0 bridgehead atoms. The summed E-state index contributed by atoms with van der Waals surface area (Å²) >= 11 is 1.06. The number of aryl methyl sites for hydroxylation is 1. The van der Waals surface area contributed by atoms with Crippen LogP contribution in [0.15, 0.2) is 35.7 Å². The van der Waals surface area contributed by atoms with Crippen molar-refractivity contribution in [1.82, 2.24) is 0 Å². The Morgan fingerprint density at radius 3 is 2.75 bits per heavy atom. The van der Waals surface area contributed by atoms with Crippen LogP contribution in [0.1, 0.15) is 15.2 Å². The minimum Gasteiger partial charge on any atom is -0.483 e. The lowest BCUT2D eigenvalue weighted by atomic mass is 10.2. The number of thiophene rings is 1. The van der Waals surface area contributed by atoms with Crippen molar-refractivity contribution < 1.29 is 19.4 Å². The van der Waals surface area contributed by atoms with Crippen molar-refractivity contribution in [1.29, 1.82) is 0 Å². The number of benzene rings is 1. The highest BCUT2D eigenvalue weighted by Crippen LogP contribution is 2.22. The first-order valence-electron chi connectivity index (χ1n) is 5.87. The van der Waals surface area contributed by atoms with Crippen molar-refractivity contribution in [2.24, 2.45) is 0 Å². The molecule has 0 atom stereocenters. The van der Waals surface area contributed by atoms with Gasteiger partial charge < -0.3 is 15.2 Å². The molecule has 0 unspecified atom stereocenters. The van der Waals surface area contributed by atoms with Gasteiger partial charge in [0, 0.05) is 0 Å². The number of ether oxygens (including phenoxy) is 1. The van der Waals surface area contributed by atoms with Crippen LogP contribution >= 0.6 is 11.3 Å². The molecule has 0 aliphatic heterocycles. The second-order valence-corrected chi connectivity index (χ2v) is 4.99. The molecular formula is C14H13NO4S. The molecule has 20 heavy (non-hydrogen) atoms. The topological polar surface area (TPSA) is 75.6 Å². The van der Waals surface area contributed by atoms with Crippen molar-refractivity contribution in [3.8, 4) is 5.75 Å². The molecule has 0 fully saturated rings. The summed E-state index contributed by atoms with van der Waals surface area (Å²) in [6.45, 7) is 1.72. The maximum absolute atomic E-state index is 11.7. The standard InChI is InChI=1S/C14H13NO4S/c1-9-4-2-3-5-11(9)19-8-12(16)15-10-6-7-20-13(10)14(17)18/h2-7H,8H2,1H3,(H,15,16)(H,17,18). The van der Waals surface area contributed by atoms with Gasteiger partial charge in [0.15, 0.2) is 6.61 Å². The van der Waals surface area contributed by atoms with Crippen LogP contribution in [0.25, 0.3) is 0 Å². The second-order valence-electron chi connectivity index (χ2n) is 4.07. The number of rotatable bonds is 5. The number of carboxylic acid groups (broad SMARTS) is 1. The van der Waals surface area contributed by atoms with Crippen molar-refractivity contribution >= 4 is 28.9 Å². The van der Waals surface area contributed by atoms with E-state index in [1.807, 2.05) is 25.1 Å². The fourth-order valence-electron chi connectivity index (χ4n) is 1.62. The zero-order chi connectivity index (χ0) is 14.5. The zero-order valence-electron chi connectivity index (χ0n) is 10.8. The summed E-state index contributed by atoms with van der Waals surface area (Å²) in [5.74, 6) is -0.823. The number of anilines is 1. The van der Waals surface area contributed by atoms with Crippen molar-refractivity contribution in [3.05, 3.63) is 46.2 Å². The first kappa shape index (κ1) is 14.1. The Hall–Kier alpha value is -2.34. The van der Waals surface area contributed by atoms with Crippen LogP contribution in [0.5, 0.6) is 5.75 Å². The summed E-state index contributed by atoms with van der Waals surface area (Å²) in [4.78, 5) is 22.8. The highest BCUT2D eigenvalue weighted by Gasteiger charge is 2.14. The second kappa shape index (κ2) is 6.21. The highest BCUT2D eigenvalue weighted by atomic mass is 32.1. The third-order valence-corrected chi connectivity index (χ3v) is 3.49. The molecule has 0 aliphatic carbocycles. The summed E-state index contributed by atoms with van der Waals surface area (Å²) in [6, 6.07) is 8.92. The fraction of sp³-hybridized carbons (Fsp3) is 0.143. The molecular weight excluding hydrogens is 278 g/mol. The largest absolute Gasteiger partial charge is 0.483 e. The monoisotopic (exact) mass is 291 g/mol. The summed E-state index contributed by atoms with van der Waals surface area (Å²) in [6.07, 6.45) is 0. The van der Waals surface area contributed by atoms with E-state index in [1.54, 1.807) is 17.5 Å². The van der Waals surface area contributed by atoms with Gasteiger partial charge in [0.05, 0.1) is 5.69 Å². The predicted molar refractivity (Wildman–Crippen MR) is 76.6 cm³/mol. The van der Waals surface area contributed by atoms with Crippen LogP contribution in [0, 0.1) is 6.92 Å². The number of aromatic carboxylic acids is 1. The Labute approximate surface area is 119 Å². The van der Waals surface area contributed by atoms with Crippen LogP contribution in [0.2, 0.25) is 0 Å². The number of para-hydroxylation sites is 1. The summed E-state index contributed by atoms with van der Waals surface area (Å²) in [5, 5.41) is 13.1. The molecule has 0 aliphatic rings. The third-order valence-electron chi connectivity index (χ3n) is 2.59. The van der Waals surface area contributed by atoms with Gasteiger partial charge in [0.2, 0.25) is 0 Å². The lowest BCUT2D eigenvalue weighted by Crippen LogP contribution is -2.21. The Morgan fingerprint density at radius 1 is 1.30 bits per heavy atom. The molecule has 5 nitrogen and oxygen atoms in total. The van der Waals surface area contributed by atoms with Gasteiger partial charge in [-0.1, -0.05) is 18.2 Å². The summed E-state index contributed by atoms with van der Waals surface area (Å²) in [5.41, 5.74) is 1.22. The molecule has 2 rings (SSSR count). The van der Waals surface area contributed by atoms with Gasteiger partial charge in [0.1, 0.15) is 10.6 Å². The van der Waals surface area contributed by atoms with Crippen LogP contribution in [-0.2, 0) is 4.79 Å². The minimum atomic E-state index is -1.06. The van der Waals surface area contributed by atoms with Crippen LogP contribution in [0.3, 0.4) is 0 Å². The molecule has 0 saturated carbocycles. The third kappa shape index (κ3) is 3.36. The Bertz CT molecular complexity index is 636. The number of nitrogens with one attached hydrogen (secondary N) is 1. The molecule has 1 amide bonds. The Kier molecular flexibility index (Phi) is 4.37. The number of carbonyl (C=O) groups excluding carboxylic acids is 1. The number of carbonyl (C=O) groups is 2. The number of amides is 1. The molecule has 2 N–H and O–H groups in total. The molecule has 0 radical (unpaired) electrons. The van der Waals surface area contributed by atoms with E-state index in [0.29, 0.717) is 11.4 Å². The molecule has 1 heterocycles. The molecule has 2 aromatic rings. The normalized spacial score (nSPS) is 10.1. The van der Waals surface area contributed by atoms with E-state index in [-0.39, 0.29) is 11.5 Å². The van der Waals surface area contributed by atoms with Crippen molar-refractivity contribution in [2.45, 2.75) is 6.92 Å². The zero-order valence-corrected chi connectivity index (χ0v) is 11.6. The van der Waals surface area contributed by atoms with Gasteiger partial charge in [-0.2, -0.15) is 0 Å². The van der Waals surface area contributed by atoms with Gasteiger partial charge in [-0.05, 0) is 30.0 Å². The SMILES string of the molecule is Cc1ccccc1OCC(=O)Nc1ccsc1C(=O)O. The van der Waals surface area contributed by atoms with Crippen molar-refractivity contribution in [2.75, 3.05) is 11.9 Å². The Balaban J connectivity index is 1.95. The van der Waals surface area contributed by atoms with Crippen molar-refractivity contribution in [3.63, 3.8) is 0 Å².